The lowest BCUT2D eigenvalue weighted by Crippen LogP contribution is -1.99. The van der Waals surface area contributed by atoms with Gasteiger partial charge in [0.1, 0.15) is 6.33 Å². The van der Waals surface area contributed by atoms with E-state index in [4.69, 9.17) is 10.00 Å². The Morgan fingerprint density at radius 1 is 1.58 bits per heavy atom. The van der Waals surface area contributed by atoms with Gasteiger partial charge < -0.3 is 4.74 Å². The van der Waals surface area contributed by atoms with Gasteiger partial charge >= 0.3 is 0 Å². The Labute approximate surface area is 70.8 Å². The average Bonchev–Trinajstić information content (AvgIpc) is 2.09. The van der Waals surface area contributed by atoms with Gasteiger partial charge in [-0.1, -0.05) is 0 Å². The molecule has 4 heteroatoms. The lowest BCUT2D eigenvalue weighted by atomic mass is 10.2. The van der Waals surface area contributed by atoms with Crippen LogP contribution in [0.25, 0.3) is 0 Å². The van der Waals surface area contributed by atoms with Crippen LogP contribution in [0.4, 0.5) is 0 Å². The minimum Gasteiger partial charge on any atom is -0.481 e. The zero-order valence-electron chi connectivity index (χ0n) is 7.03. The molecule has 0 aromatic carbocycles. The van der Waals surface area contributed by atoms with Crippen molar-refractivity contribution >= 4 is 0 Å². The third-order valence-corrected chi connectivity index (χ3v) is 1.57. The van der Waals surface area contributed by atoms with E-state index in [0.717, 1.165) is 11.3 Å². The molecular formula is C8H9N3O. The number of hydrogen-bond donors (Lipinski definition) is 0. The van der Waals surface area contributed by atoms with Gasteiger partial charge in [-0.2, -0.15) is 5.26 Å². The van der Waals surface area contributed by atoms with Gasteiger partial charge in [0.15, 0.2) is 0 Å². The van der Waals surface area contributed by atoms with Crippen molar-refractivity contribution in [2.75, 3.05) is 7.11 Å². The van der Waals surface area contributed by atoms with Crippen molar-refractivity contribution in [3.8, 4) is 11.9 Å². The Bertz CT molecular complexity index is 317. The van der Waals surface area contributed by atoms with Gasteiger partial charge in [0.05, 0.1) is 19.6 Å². The van der Waals surface area contributed by atoms with Crippen molar-refractivity contribution in [2.45, 2.75) is 13.3 Å². The summed E-state index contributed by atoms with van der Waals surface area (Å²) in [6.45, 7) is 1.83. The highest BCUT2D eigenvalue weighted by Crippen LogP contribution is 2.16. The maximum atomic E-state index is 8.50. The van der Waals surface area contributed by atoms with Crippen molar-refractivity contribution in [3.63, 3.8) is 0 Å². The second kappa shape index (κ2) is 3.67. The number of nitrogens with zero attached hydrogens (tertiary/aromatic N) is 3. The summed E-state index contributed by atoms with van der Waals surface area (Å²) in [5.41, 5.74) is 1.56. The lowest BCUT2D eigenvalue weighted by Gasteiger charge is -2.04. The molecule has 62 valence electrons. The molecule has 1 aromatic heterocycles. The van der Waals surface area contributed by atoms with Gasteiger partial charge in [0.25, 0.3) is 0 Å². The van der Waals surface area contributed by atoms with Crippen molar-refractivity contribution in [1.82, 2.24) is 9.97 Å². The van der Waals surface area contributed by atoms with Gasteiger partial charge in [-0.15, -0.1) is 0 Å². The molecule has 0 N–H and O–H groups in total. The molecule has 0 unspecified atom stereocenters. The molecule has 0 atom stereocenters. The van der Waals surface area contributed by atoms with Crippen molar-refractivity contribution in [1.29, 1.82) is 5.26 Å². The maximum absolute atomic E-state index is 8.50. The Morgan fingerprint density at radius 3 is 2.92 bits per heavy atom. The fourth-order valence-electron chi connectivity index (χ4n) is 0.937. The Kier molecular flexibility index (Phi) is 2.59. The summed E-state index contributed by atoms with van der Waals surface area (Å²) < 4.78 is 4.98. The van der Waals surface area contributed by atoms with E-state index >= 15 is 0 Å². The molecule has 0 radical (unpaired) electrons. The van der Waals surface area contributed by atoms with Crippen LogP contribution in [0.1, 0.15) is 11.3 Å². The molecule has 1 heterocycles. The molecule has 0 aliphatic heterocycles. The predicted molar refractivity (Wildman–Crippen MR) is 42.6 cm³/mol. The fourth-order valence-corrected chi connectivity index (χ4v) is 0.937. The molecule has 12 heavy (non-hydrogen) atoms. The molecule has 1 aromatic rings. The number of aryl methyl sites for hydroxylation is 1. The second-order valence-electron chi connectivity index (χ2n) is 2.28. The van der Waals surface area contributed by atoms with Crippen LogP contribution >= 0.6 is 0 Å². The van der Waals surface area contributed by atoms with E-state index in [-0.39, 0.29) is 6.42 Å². The molecule has 0 saturated carbocycles. The van der Waals surface area contributed by atoms with Crippen molar-refractivity contribution in [2.24, 2.45) is 0 Å². The van der Waals surface area contributed by atoms with Gasteiger partial charge in [-0.3, -0.25) is 0 Å². The lowest BCUT2D eigenvalue weighted by molar-refractivity contribution is 0.391. The van der Waals surface area contributed by atoms with E-state index in [2.05, 4.69) is 9.97 Å². The Hall–Kier alpha value is -1.63. The van der Waals surface area contributed by atoms with E-state index in [1.54, 1.807) is 0 Å². The van der Waals surface area contributed by atoms with Crippen LogP contribution in [0.15, 0.2) is 6.33 Å². The van der Waals surface area contributed by atoms with Crippen LogP contribution in [0, 0.1) is 18.3 Å². The third-order valence-electron chi connectivity index (χ3n) is 1.57. The first kappa shape index (κ1) is 8.47. The van der Waals surface area contributed by atoms with Crippen LogP contribution in [0.3, 0.4) is 0 Å². The zero-order chi connectivity index (χ0) is 8.97. The fraction of sp³-hybridized carbons (Fsp3) is 0.375. The summed E-state index contributed by atoms with van der Waals surface area (Å²) >= 11 is 0. The van der Waals surface area contributed by atoms with E-state index in [9.17, 15) is 0 Å². The molecular weight excluding hydrogens is 154 g/mol. The molecule has 0 aliphatic carbocycles. The summed E-state index contributed by atoms with van der Waals surface area (Å²) in [4.78, 5) is 7.86. The summed E-state index contributed by atoms with van der Waals surface area (Å²) in [5.74, 6) is 0.490. The van der Waals surface area contributed by atoms with E-state index < -0.39 is 0 Å². The van der Waals surface area contributed by atoms with Gasteiger partial charge in [-0.05, 0) is 6.92 Å². The van der Waals surface area contributed by atoms with Crippen LogP contribution in [0.5, 0.6) is 5.88 Å². The first-order valence-corrected chi connectivity index (χ1v) is 3.51. The molecule has 1 rings (SSSR count). The standard InChI is InChI=1S/C8H9N3O/c1-6-7(3-4-9)8(12-2)11-5-10-6/h5H,3H2,1-2H3. The molecule has 0 aliphatic rings. The van der Waals surface area contributed by atoms with Crippen LogP contribution in [-0.2, 0) is 6.42 Å². The third kappa shape index (κ3) is 1.51. The zero-order valence-corrected chi connectivity index (χ0v) is 7.03. The highest BCUT2D eigenvalue weighted by atomic mass is 16.5. The van der Waals surface area contributed by atoms with Gasteiger partial charge in [0, 0.05) is 11.3 Å². The quantitative estimate of drug-likeness (QED) is 0.648. The van der Waals surface area contributed by atoms with Crippen LogP contribution < -0.4 is 4.74 Å². The van der Waals surface area contributed by atoms with Crippen LogP contribution in [0.2, 0.25) is 0 Å². The Balaban J connectivity index is 3.12. The summed E-state index contributed by atoms with van der Waals surface area (Å²) in [6, 6.07) is 2.04. The van der Waals surface area contributed by atoms with E-state index in [1.807, 2.05) is 13.0 Å². The minimum atomic E-state index is 0.288. The monoisotopic (exact) mass is 163 g/mol. The van der Waals surface area contributed by atoms with Gasteiger partial charge in [0.2, 0.25) is 5.88 Å². The highest BCUT2D eigenvalue weighted by molar-refractivity contribution is 5.31. The van der Waals surface area contributed by atoms with E-state index in [1.165, 1.54) is 13.4 Å². The van der Waals surface area contributed by atoms with Gasteiger partial charge in [-0.25, -0.2) is 9.97 Å². The second-order valence-corrected chi connectivity index (χ2v) is 2.28. The summed E-state index contributed by atoms with van der Waals surface area (Å²) in [5, 5.41) is 8.50. The number of rotatable bonds is 2. The SMILES string of the molecule is COc1ncnc(C)c1CC#N. The molecule has 0 spiro atoms. The number of hydrogen-bond acceptors (Lipinski definition) is 4. The number of ether oxygens (including phenoxy) is 1. The minimum absolute atomic E-state index is 0.288. The van der Waals surface area contributed by atoms with Crippen LogP contribution in [-0.4, -0.2) is 17.1 Å². The van der Waals surface area contributed by atoms with Crippen molar-refractivity contribution in [3.05, 3.63) is 17.6 Å². The number of methoxy groups -OCH3 is 1. The summed E-state index contributed by atoms with van der Waals surface area (Å²) in [7, 11) is 1.53. The molecule has 0 bridgehead atoms. The first-order chi connectivity index (χ1) is 5.79. The maximum Gasteiger partial charge on any atom is 0.220 e. The summed E-state index contributed by atoms with van der Waals surface area (Å²) in [6.07, 6.45) is 1.71. The normalized spacial score (nSPS) is 9.08. The highest BCUT2D eigenvalue weighted by Gasteiger charge is 2.06. The number of nitriles is 1. The smallest absolute Gasteiger partial charge is 0.220 e. The largest absolute Gasteiger partial charge is 0.481 e. The van der Waals surface area contributed by atoms with E-state index in [0.29, 0.717) is 5.88 Å². The molecule has 0 amide bonds. The average molecular weight is 163 g/mol. The topological polar surface area (TPSA) is 58.8 Å². The predicted octanol–water partition coefficient (Wildman–Crippen LogP) is 0.860. The molecule has 0 saturated heterocycles. The first-order valence-electron chi connectivity index (χ1n) is 3.51. The van der Waals surface area contributed by atoms with Crippen molar-refractivity contribution < 1.29 is 4.74 Å². The molecule has 0 fully saturated rings. The Morgan fingerprint density at radius 2 is 2.33 bits per heavy atom. The molecule has 4 nitrogen and oxygen atoms in total. The number of aromatic nitrogens is 2.